The van der Waals surface area contributed by atoms with Crippen LogP contribution in [0.5, 0.6) is 0 Å². The number of hydrogen-bond acceptors (Lipinski definition) is 5. The van der Waals surface area contributed by atoms with E-state index in [4.69, 9.17) is 14.0 Å². The van der Waals surface area contributed by atoms with Gasteiger partial charge in [0, 0.05) is 17.0 Å². The number of benzene rings is 1. The van der Waals surface area contributed by atoms with Crippen molar-refractivity contribution in [1.29, 1.82) is 0 Å². The van der Waals surface area contributed by atoms with E-state index in [0.717, 1.165) is 5.56 Å². The zero-order chi connectivity index (χ0) is 15.2. The summed E-state index contributed by atoms with van der Waals surface area (Å²) in [5, 5.41) is 12.6. The maximum absolute atomic E-state index is 10.8. The number of fused-ring (bicyclic) bond motifs is 1. The van der Waals surface area contributed by atoms with Crippen LogP contribution < -0.4 is 0 Å². The zero-order valence-corrected chi connectivity index (χ0v) is 11.9. The predicted octanol–water partition coefficient (Wildman–Crippen LogP) is 3.48. The SMILES string of the molecule is CC(C)(C)c1nc2cc(-c3cc(C(=O)O)on3)ccc2o1. The Morgan fingerprint density at radius 2 is 2.00 bits per heavy atom. The van der Waals surface area contributed by atoms with E-state index in [1.54, 1.807) is 18.2 Å². The molecule has 21 heavy (non-hydrogen) atoms. The first-order valence-electron chi connectivity index (χ1n) is 6.46. The van der Waals surface area contributed by atoms with Crippen LogP contribution in [-0.4, -0.2) is 21.2 Å². The molecule has 0 bridgehead atoms. The Morgan fingerprint density at radius 1 is 1.24 bits per heavy atom. The van der Waals surface area contributed by atoms with E-state index in [1.807, 2.05) is 20.8 Å². The summed E-state index contributed by atoms with van der Waals surface area (Å²) in [6, 6.07) is 6.78. The number of nitrogens with zero attached hydrogens (tertiary/aromatic N) is 2. The Morgan fingerprint density at radius 3 is 2.62 bits per heavy atom. The molecule has 0 spiro atoms. The van der Waals surface area contributed by atoms with E-state index in [-0.39, 0.29) is 11.2 Å². The van der Waals surface area contributed by atoms with E-state index in [0.29, 0.717) is 22.7 Å². The number of hydrogen-bond donors (Lipinski definition) is 1. The van der Waals surface area contributed by atoms with Crippen molar-refractivity contribution < 1.29 is 18.8 Å². The molecule has 0 aliphatic heterocycles. The maximum Gasteiger partial charge on any atom is 0.374 e. The lowest BCUT2D eigenvalue weighted by Crippen LogP contribution is -2.10. The van der Waals surface area contributed by atoms with Gasteiger partial charge in [-0.3, -0.25) is 0 Å². The highest BCUT2D eigenvalue weighted by Gasteiger charge is 2.21. The Kier molecular flexibility index (Phi) is 2.83. The molecule has 1 N–H and O–H groups in total. The monoisotopic (exact) mass is 286 g/mol. The number of aromatic carboxylic acids is 1. The summed E-state index contributed by atoms with van der Waals surface area (Å²) in [6.07, 6.45) is 0. The molecule has 0 atom stereocenters. The Bertz CT molecular complexity index is 824. The summed E-state index contributed by atoms with van der Waals surface area (Å²) >= 11 is 0. The van der Waals surface area contributed by atoms with Crippen LogP contribution in [0, 0.1) is 0 Å². The number of oxazole rings is 1. The number of carboxylic acid groups (broad SMARTS) is 1. The molecular weight excluding hydrogens is 272 g/mol. The summed E-state index contributed by atoms with van der Waals surface area (Å²) in [5.41, 5.74) is 2.40. The minimum absolute atomic E-state index is 0.177. The van der Waals surface area contributed by atoms with Gasteiger partial charge in [-0.25, -0.2) is 9.78 Å². The van der Waals surface area contributed by atoms with Crippen LogP contribution in [-0.2, 0) is 5.41 Å². The molecule has 2 heterocycles. The highest BCUT2D eigenvalue weighted by atomic mass is 16.5. The molecule has 0 amide bonds. The molecule has 3 aromatic rings. The fourth-order valence-corrected chi connectivity index (χ4v) is 1.92. The topological polar surface area (TPSA) is 89.4 Å². The van der Waals surface area contributed by atoms with Crippen LogP contribution in [0.3, 0.4) is 0 Å². The zero-order valence-electron chi connectivity index (χ0n) is 11.9. The molecule has 0 saturated heterocycles. The van der Waals surface area contributed by atoms with Gasteiger partial charge >= 0.3 is 5.97 Å². The summed E-state index contributed by atoms with van der Waals surface area (Å²) in [4.78, 5) is 15.3. The second kappa shape index (κ2) is 4.44. The van der Waals surface area contributed by atoms with Crippen LogP contribution in [0.15, 0.2) is 33.2 Å². The molecule has 3 rings (SSSR count). The molecule has 0 fully saturated rings. The van der Waals surface area contributed by atoms with E-state index >= 15 is 0 Å². The van der Waals surface area contributed by atoms with Gasteiger partial charge in [0.25, 0.3) is 0 Å². The number of carbonyl (C=O) groups is 1. The third-order valence-electron chi connectivity index (χ3n) is 3.05. The number of aromatic nitrogens is 2. The minimum atomic E-state index is -1.15. The molecule has 0 unspecified atom stereocenters. The van der Waals surface area contributed by atoms with Gasteiger partial charge in [0.2, 0.25) is 11.7 Å². The molecule has 108 valence electrons. The predicted molar refractivity (Wildman–Crippen MR) is 75.2 cm³/mol. The average molecular weight is 286 g/mol. The van der Waals surface area contributed by atoms with E-state index in [2.05, 4.69) is 10.1 Å². The third kappa shape index (κ3) is 2.40. The van der Waals surface area contributed by atoms with Crippen LogP contribution in [0.25, 0.3) is 22.4 Å². The van der Waals surface area contributed by atoms with Gasteiger partial charge in [-0.15, -0.1) is 0 Å². The molecule has 6 heteroatoms. The Balaban J connectivity index is 2.05. The first-order valence-corrected chi connectivity index (χ1v) is 6.46. The lowest BCUT2D eigenvalue weighted by Gasteiger charge is -2.11. The van der Waals surface area contributed by atoms with Crippen molar-refractivity contribution in [2.45, 2.75) is 26.2 Å². The lowest BCUT2D eigenvalue weighted by molar-refractivity contribution is 0.0652. The van der Waals surface area contributed by atoms with Crippen molar-refractivity contribution in [1.82, 2.24) is 10.1 Å². The second-order valence-electron chi connectivity index (χ2n) is 5.83. The lowest BCUT2D eigenvalue weighted by atomic mass is 9.97. The molecule has 0 aliphatic rings. The van der Waals surface area contributed by atoms with E-state index in [9.17, 15) is 4.79 Å². The van der Waals surface area contributed by atoms with Gasteiger partial charge in [-0.2, -0.15) is 0 Å². The first-order chi connectivity index (χ1) is 9.84. The molecular formula is C15H14N2O4. The van der Waals surface area contributed by atoms with Gasteiger partial charge < -0.3 is 14.0 Å². The van der Waals surface area contributed by atoms with Crippen molar-refractivity contribution >= 4 is 17.1 Å². The minimum Gasteiger partial charge on any atom is -0.475 e. The van der Waals surface area contributed by atoms with Crippen LogP contribution in [0.2, 0.25) is 0 Å². The smallest absolute Gasteiger partial charge is 0.374 e. The maximum atomic E-state index is 10.8. The Hall–Kier alpha value is -2.63. The third-order valence-corrected chi connectivity index (χ3v) is 3.05. The molecule has 0 radical (unpaired) electrons. The normalized spacial score (nSPS) is 12.0. The summed E-state index contributed by atoms with van der Waals surface area (Å²) in [5.74, 6) is -0.687. The highest BCUT2D eigenvalue weighted by Crippen LogP contribution is 2.29. The van der Waals surface area contributed by atoms with Gasteiger partial charge in [0.1, 0.15) is 11.2 Å². The van der Waals surface area contributed by atoms with Crippen molar-refractivity contribution in [3.05, 3.63) is 35.9 Å². The first kappa shape index (κ1) is 13.4. The Labute approximate surface area is 120 Å². The molecule has 0 aliphatic carbocycles. The molecule has 0 saturated carbocycles. The van der Waals surface area contributed by atoms with Crippen molar-refractivity contribution in [3.63, 3.8) is 0 Å². The molecule has 2 aromatic heterocycles. The number of carboxylic acids is 1. The van der Waals surface area contributed by atoms with Gasteiger partial charge in [-0.1, -0.05) is 25.9 Å². The van der Waals surface area contributed by atoms with Gasteiger partial charge in [-0.05, 0) is 18.2 Å². The quantitative estimate of drug-likeness (QED) is 0.775. The fraction of sp³-hybridized carbons (Fsp3) is 0.267. The van der Waals surface area contributed by atoms with Gasteiger partial charge in [0.05, 0.1) is 0 Å². The highest BCUT2D eigenvalue weighted by molar-refractivity contribution is 5.86. The fourth-order valence-electron chi connectivity index (χ4n) is 1.92. The van der Waals surface area contributed by atoms with Crippen molar-refractivity contribution in [2.24, 2.45) is 0 Å². The van der Waals surface area contributed by atoms with Gasteiger partial charge in [0.15, 0.2) is 5.58 Å². The van der Waals surface area contributed by atoms with E-state index < -0.39 is 5.97 Å². The summed E-state index contributed by atoms with van der Waals surface area (Å²) in [7, 11) is 0. The van der Waals surface area contributed by atoms with Crippen LogP contribution in [0.1, 0.15) is 37.2 Å². The molecule has 6 nitrogen and oxygen atoms in total. The second-order valence-corrected chi connectivity index (χ2v) is 5.83. The molecule has 1 aromatic carbocycles. The van der Waals surface area contributed by atoms with Crippen LogP contribution >= 0.6 is 0 Å². The summed E-state index contributed by atoms with van der Waals surface area (Å²) in [6.45, 7) is 6.07. The number of rotatable bonds is 2. The largest absolute Gasteiger partial charge is 0.475 e. The van der Waals surface area contributed by atoms with Crippen molar-refractivity contribution in [2.75, 3.05) is 0 Å². The summed E-state index contributed by atoms with van der Waals surface area (Å²) < 4.78 is 10.5. The average Bonchev–Trinajstić information content (AvgIpc) is 3.04. The van der Waals surface area contributed by atoms with E-state index in [1.165, 1.54) is 6.07 Å². The van der Waals surface area contributed by atoms with Crippen LogP contribution in [0.4, 0.5) is 0 Å². The van der Waals surface area contributed by atoms with Crippen molar-refractivity contribution in [3.8, 4) is 11.3 Å². The standard InChI is InChI=1S/C15H14N2O4/c1-15(2,3)14-16-10-6-8(4-5-11(10)20-14)9-7-12(13(18)19)21-17-9/h4-7H,1-3H3,(H,18,19).